The minimum absolute atomic E-state index is 0.501. The summed E-state index contributed by atoms with van der Waals surface area (Å²) in [5, 5.41) is 3.61. The van der Waals surface area contributed by atoms with E-state index in [0.29, 0.717) is 12.6 Å². The summed E-state index contributed by atoms with van der Waals surface area (Å²) >= 11 is 0. The molecular weight excluding hydrogens is 258 g/mol. The van der Waals surface area contributed by atoms with E-state index >= 15 is 0 Å². The smallest absolute Gasteiger partial charge is 0.0716 e. The predicted molar refractivity (Wildman–Crippen MR) is 88.2 cm³/mol. The fraction of sp³-hybridized carbons (Fsp3) is 0.368. The molecule has 21 heavy (non-hydrogen) atoms. The number of rotatable bonds is 8. The summed E-state index contributed by atoms with van der Waals surface area (Å²) in [7, 11) is 1.74. The number of nitrogens with one attached hydrogen (secondary N) is 1. The minimum atomic E-state index is 0.501. The van der Waals surface area contributed by atoms with Gasteiger partial charge in [-0.15, -0.1) is 0 Å². The lowest BCUT2D eigenvalue weighted by Gasteiger charge is -2.15. The molecule has 0 spiro atoms. The van der Waals surface area contributed by atoms with Crippen molar-refractivity contribution >= 4 is 0 Å². The average molecular weight is 283 g/mol. The van der Waals surface area contributed by atoms with E-state index in [4.69, 9.17) is 4.74 Å². The van der Waals surface area contributed by atoms with Crippen LogP contribution in [0.1, 0.15) is 30.0 Å². The third-order valence-electron chi connectivity index (χ3n) is 3.77. The lowest BCUT2D eigenvalue weighted by Crippen LogP contribution is -2.26. The fourth-order valence-electron chi connectivity index (χ4n) is 2.44. The van der Waals surface area contributed by atoms with Crippen LogP contribution in [0.4, 0.5) is 0 Å². The highest BCUT2D eigenvalue weighted by Crippen LogP contribution is 2.11. The molecule has 2 aromatic rings. The molecule has 0 aliphatic heterocycles. The van der Waals surface area contributed by atoms with Crippen molar-refractivity contribution in [2.24, 2.45) is 0 Å². The van der Waals surface area contributed by atoms with Gasteiger partial charge in [0, 0.05) is 19.7 Å². The van der Waals surface area contributed by atoms with Gasteiger partial charge in [0.05, 0.1) is 6.61 Å². The van der Waals surface area contributed by atoms with Gasteiger partial charge in [-0.2, -0.15) is 0 Å². The molecule has 0 bridgehead atoms. The zero-order valence-corrected chi connectivity index (χ0v) is 13.0. The van der Waals surface area contributed by atoms with Crippen LogP contribution in [0.25, 0.3) is 0 Å². The summed E-state index contributed by atoms with van der Waals surface area (Å²) in [6.45, 7) is 3.83. The second-order valence-corrected chi connectivity index (χ2v) is 5.51. The van der Waals surface area contributed by atoms with Crippen molar-refractivity contribution in [2.75, 3.05) is 7.11 Å². The normalized spacial score (nSPS) is 12.3. The molecule has 2 rings (SSSR count). The van der Waals surface area contributed by atoms with Crippen molar-refractivity contribution in [2.45, 2.75) is 39.0 Å². The summed E-state index contributed by atoms with van der Waals surface area (Å²) in [5.74, 6) is 0. The lowest BCUT2D eigenvalue weighted by atomic mass is 10.0. The molecule has 0 aromatic heterocycles. The Labute approximate surface area is 128 Å². The lowest BCUT2D eigenvalue weighted by molar-refractivity contribution is 0.184. The van der Waals surface area contributed by atoms with Crippen LogP contribution in [0.15, 0.2) is 54.6 Å². The summed E-state index contributed by atoms with van der Waals surface area (Å²) in [6.07, 6.45) is 2.27. The predicted octanol–water partition coefficient (Wildman–Crippen LogP) is 3.94. The quantitative estimate of drug-likeness (QED) is 0.792. The van der Waals surface area contributed by atoms with Gasteiger partial charge >= 0.3 is 0 Å². The van der Waals surface area contributed by atoms with Crippen molar-refractivity contribution in [3.05, 3.63) is 71.3 Å². The van der Waals surface area contributed by atoms with Crippen LogP contribution in [0, 0.1) is 0 Å². The Morgan fingerprint density at radius 2 is 1.62 bits per heavy atom. The van der Waals surface area contributed by atoms with Gasteiger partial charge in [0.15, 0.2) is 0 Å². The highest BCUT2D eigenvalue weighted by Gasteiger charge is 2.05. The van der Waals surface area contributed by atoms with Crippen LogP contribution >= 0.6 is 0 Å². The van der Waals surface area contributed by atoms with Crippen molar-refractivity contribution < 1.29 is 4.74 Å². The Bertz CT molecular complexity index is 524. The SMILES string of the molecule is COCc1ccccc1CNC(C)CCc1ccccc1. The van der Waals surface area contributed by atoms with Gasteiger partial charge in [-0.05, 0) is 36.5 Å². The molecule has 0 saturated heterocycles. The first-order chi connectivity index (χ1) is 10.3. The first-order valence-electron chi connectivity index (χ1n) is 7.62. The summed E-state index contributed by atoms with van der Waals surface area (Å²) in [6, 6.07) is 19.6. The van der Waals surface area contributed by atoms with E-state index in [1.807, 2.05) is 0 Å². The maximum Gasteiger partial charge on any atom is 0.0716 e. The highest BCUT2D eigenvalue weighted by molar-refractivity contribution is 5.26. The third kappa shape index (κ3) is 5.33. The molecule has 0 radical (unpaired) electrons. The molecule has 112 valence electrons. The number of benzene rings is 2. The number of methoxy groups -OCH3 is 1. The van der Waals surface area contributed by atoms with E-state index in [1.54, 1.807) is 7.11 Å². The van der Waals surface area contributed by atoms with Crippen LogP contribution in [0.5, 0.6) is 0 Å². The van der Waals surface area contributed by atoms with E-state index in [9.17, 15) is 0 Å². The van der Waals surface area contributed by atoms with Crippen LogP contribution in [-0.4, -0.2) is 13.2 Å². The monoisotopic (exact) mass is 283 g/mol. The zero-order valence-electron chi connectivity index (χ0n) is 13.0. The van der Waals surface area contributed by atoms with Crippen molar-refractivity contribution in [1.29, 1.82) is 0 Å². The molecule has 0 aliphatic carbocycles. The van der Waals surface area contributed by atoms with Crippen molar-refractivity contribution in [1.82, 2.24) is 5.32 Å². The van der Waals surface area contributed by atoms with Crippen LogP contribution in [0.2, 0.25) is 0 Å². The van der Waals surface area contributed by atoms with E-state index in [2.05, 4.69) is 66.8 Å². The maximum atomic E-state index is 5.25. The second-order valence-electron chi connectivity index (χ2n) is 5.51. The van der Waals surface area contributed by atoms with Crippen LogP contribution in [0.3, 0.4) is 0 Å². The van der Waals surface area contributed by atoms with Crippen molar-refractivity contribution in [3.63, 3.8) is 0 Å². The topological polar surface area (TPSA) is 21.3 Å². The van der Waals surface area contributed by atoms with Crippen LogP contribution < -0.4 is 5.32 Å². The van der Waals surface area contributed by atoms with Gasteiger partial charge in [0.2, 0.25) is 0 Å². The van der Waals surface area contributed by atoms with Crippen molar-refractivity contribution in [3.8, 4) is 0 Å². The minimum Gasteiger partial charge on any atom is -0.380 e. The summed E-state index contributed by atoms with van der Waals surface area (Å²) < 4.78 is 5.25. The molecule has 0 fully saturated rings. The molecule has 0 aliphatic rings. The molecule has 0 saturated carbocycles. The number of aryl methyl sites for hydroxylation is 1. The van der Waals surface area contributed by atoms with E-state index in [0.717, 1.165) is 19.4 Å². The van der Waals surface area contributed by atoms with E-state index in [-0.39, 0.29) is 0 Å². The molecule has 2 nitrogen and oxygen atoms in total. The summed E-state index contributed by atoms with van der Waals surface area (Å²) in [4.78, 5) is 0. The highest BCUT2D eigenvalue weighted by atomic mass is 16.5. The Morgan fingerprint density at radius 3 is 2.33 bits per heavy atom. The number of ether oxygens (including phenoxy) is 1. The van der Waals surface area contributed by atoms with Gasteiger partial charge in [-0.1, -0.05) is 54.6 Å². The molecule has 0 heterocycles. The molecule has 1 atom stereocenters. The van der Waals surface area contributed by atoms with E-state index in [1.165, 1.54) is 16.7 Å². The average Bonchev–Trinajstić information content (AvgIpc) is 2.53. The standard InChI is InChI=1S/C19H25NO/c1-16(12-13-17-8-4-3-5-9-17)20-14-18-10-6-7-11-19(18)15-21-2/h3-11,16,20H,12-15H2,1-2H3. The van der Waals surface area contributed by atoms with Crippen LogP contribution in [-0.2, 0) is 24.3 Å². The van der Waals surface area contributed by atoms with Gasteiger partial charge in [-0.3, -0.25) is 0 Å². The van der Waals surface area contributed by atoms with Gasteiger partial charge in [-0.25, -0.2) is 0 Å². The second kappa shape index (κ2) is 8.60. The van der Waals surface area contributed by atoms with E-state index < -0.39 is 0 Å². The number of hydrogen-bond acceptors (Lipinski definition) is 2. The molecule has 2 heteroatoms. The largest absolute Gasteiger partial charge is 0.380 e. The van der Waals surface area contributed by atoms with Gasteiger partial charge in [0.1, 0.15) is 0 Å². The zero-order chi connectivity index (χ0) is 14.9. The molecule has 1 N–H and O–H groups in total. The first kappa shape index (κ1) is 15.7. The number of hydrogen-bond donors (Lipinski definition) is 1. The fourth-order valence-corrected chi connectivity index (χ4v) is 2.44. The summed E-state index contributed by atoms with van der Waals surface area (Å²) in [5.41, 5.74) is 4.00. The molecule has 2 aromatic carbocycles. The van der Waals surface area contributed by atoms with Gasteiger partial charge < -0.3 is 10.1 Å². The Balaban J connectivity index is 1.80. The Hall–Kier alpha value is -1.64. The first-order valence-corrected chi connectivity index (χ1v) is 7.62. The molecule has 0 amide bonds. The van der Waals surface area contributed by atoms with Gasteiger partial charge in [0.25, 0.3) is 0 Å². The Morgan fingerprint density at radius 1 is 0.952 bits per heavy atom. The third-order valence-corrected chi connectivity index (χ3v) is 3.77. The Kier molecular flexibility index (Phi) is 6.45. The maximum absolute atomic E-state index is 5.25. The molecular formula is C19H25NO. The molecule has 1 unspecified atom stereocenters.